The van der Waals surface area contributed by atoms with Gasteiger partial charge in [-0.25, -0.2) is 0 Å². The highest BCUT2D eigenvalue weighted by molar-refractivity contribution is 5.90. The minimum absolute atomic E-state index is 0.0951. The molecular formula is C22H23N2O2. The third kappa shape index (κ3) is 4.67. The monoisotopic (exact) mass is 347 g/mol. The summed E-state index contributed by atoms with van der Waals surface area (Å²) in [5, 5.41) is 13.6. The molecule has 3 aromatic rings. The van der Waals surface area contributed by atoms with Gasteiger partial charge in [0.2, 0.25) is 5.91 Å². The van der Waals surface area contributed by atoms with E-state index >= 15 is 0 Å². The number of aliphatic hydroxyl groups is 1. The number of hydrogen-bond acceptors (Lipinski definition) is 3. The Balaban J connectivity index is 1.60. The Morgan fingerprint density at radius 3 is 2.54 bits per heavy atom. The SMILES string of the molecule is C[C](Cc1ccc2ccccc2n1)C(=O)NC(CO)Cc1ccccc1. The standard InChI is InChI=1S/C22H23N2O2/c1-16(13-19-12-11-18-9-5-6-10-21(18)23-19)22(26)24-20(15-25)14-17-7-3-2-4-8-17/h2-12,20,25H,13-15H2,1H3,(H,24,26). The molecule has 0 saturated carbocycles. The number of benzene rings is 2. The van der Waals surface area contributed by atoms with Crippen LogP contribution in [0.3, 0.4) is 0 Å². The van der Waals surface area contributed by atoms with E-state index in [1.807, 2.05) is 73.7 Å². The van der Waals surface area contributed by atoms with Crippen molar-refractivity contribution in [2.45, 2.75) is 25.8 Å². The van der Waals surface area contributed by atoms with Crippen LogP contribution in [-0.4, -0.2) is 28.6 Å². The van der Waals surface area contributed by atoms with Gasteiger partial charge in [0.15, 0.2) is 0 Å². The summed E-state index contributed by atoms with van der Waals surface area (Å²) in [5.41, 5.74) is 2.87. The van der Waals surface area contributed by atoms with Crippen LogP contribution in [0.4, 0.5) is 0 Å². The number of aromatic nitrogens is 1. The van der Waals surface area contributed by atoms with Crippen LogP contribution in [0, 0.1) is 5.92 Å². The summed E-state index contributed by atoms with van der Waals surface area (Å²) in [7, 11) is 0. The van der Waals surface area contributed by atoms with Gasteiger partial charge in [-0.15, -0.1) is 0 Å². The molecule has 2 aromatic carbocycles. The van der Waals surface area contributed by atoms with Gasteiger partial charge in [-0.1, -0.05) is 54.6 Å². The maximum Gasteiger partial charge on any atom is 0.227 e. The zero-order chi connectivity index (χ0) is 18.4. The van der Waals surface area contributed by atoms with Crippen molar-refractivity contribution >= 4 is 16.8 Å². The van der Waals surface area contributed by atoms with Crippen molar-refractivity contribution in [1.29, 1.82) is 0 Å². The number of fused-ring (bicyclic) bond motifs is 1. The van der Waals surface area contributed by atoms with E-state index < -0.39 is 0 Å². The predicted molar refractivity (Wildman–Crippen MR) is 104 cm³/mol. The van der Waals surface area contributed by atoms with E-state index in [9.17, 15) is 9.90 Å². The number of nitrogens with zero attached hydrogens (tertiary/aromatic N) is 1. The fourth-order valence-electron chi connectivity index (χ4n) is 2.93. The summed E-state index contributed by atoms with van der Waals surface area (Å²) in [6, 6.07) is 21.4. The first kappa shape index (κ1) is 18.1. The molecule has 0 saturated heterocycles. The minimum Gasteiger partial charge on any atom is -0.394 e. The lowest BCUT2D eigenvalue weighted by Gasteiger charge is -2.19. The molecule has 0 spiro atoms. The van der Waals surface area contributed by atoms with Crippen molar-refractivity contribution in [3.63, 3.8) is 0 Å². The number of hydrogen-bond donors (Lipinski definition) is 2. The van der Waals surface area contributed by atoms with E-state index in [1.165, 1.54) is 0 Å². The second kappa shape index (κ2) is 8.59. The first-order valence-corrected chi connectivity index (χ1v) is 8.78. The second-order valence-corrected chi connectivity index (χ2v) is 6.50. The number of carbonyl (C=O) groups is 1. The van der Waals surface area contributed by atoms with Crippen LogP contribution in [0.25, 0.3) is 10.9 Å². The Kier molecular flexibility index (Phi) is 5.97. The molecule has 0 aliphatic rings. The van der Waals surface area contributed by atoms with E-state index in [2.05, 4.69) is 10.3 Å². The Morgan fingerprint density at radius 1 is 1.04 bits per heavy atom. The smallest absolute Gasteiger partial charge is 0.227 e. The normalized spacial score (nSPS) is 12.3. The van der Waals surface area contributed by atoms with Gasteiger partial charge in [0, 0.05) is 17.5 Å². The zero-order valence-electron chi connectivity index (χ0n) is 14.9. The molecule has 3 rings (SSSR count). The lowest BCUT2D eigenvalue weighted by atomic mass is 10.0. The van der Waals surface area contributed by atoms with E-state index in [0.717, 1.165) is 22.2 Å². The molecule has 0 bridgehead atoms. The summed E-state index contributed by atoms with van der Waals surface area (Å²) >= 11 is 0. The molecule has 1 radical (unpaired) electrons. The quantitative estimate of drug-likeness (QED) is 0.690. The summed E-state index contributed by atoms with van der Waals surface area (Å²) < 4.78 is 0. The largest absolute Gasteiger partial charge is 0.394 e. The van der Waals surface area contributed by atoms with Crippen LogP contribution in [0.5, 0.6) is 0 Å². The predicted octanol–water partition coefficient (Wildman–Crippen LogP) is 3.09. The van der Waals surface area contributed by atoms with Gasteiger partial charge in [-0.05, 0) is 31.0 Å². The fourth-order valence-corrected chi connectivity index (χ4v) is 2.93. The summed E-state index contributed by atoms with van der Waals surface area (Å²) in [4.78, 5) is 17.1. The van der Waals surface area contributed by atoms with Crippen molar-refractivity contribution < 1.29 is 9.90 Å². The molecule has 133 valence electrons. The first-order chi connectivity index (χ1) is 12.7. The molecular weight excluding hydrogens is 324 g/mol. The Bertz CT molecular complexity index is 864. The minimum atomic E-state index is -0.301. The van der Waals surface area contributed by atoms with Gasteiger partial charge in [-0.3, -0.25) is 9.78 Å². The molecule has 1 atom stereocenters. The van der Waals surface area contributed by atoms with Crippen LogP contribution in [0.15, 0.2) is 66.7 Å². The summed E-state index contributed by atoms with van der Waals surface area (Å²) in [6.07, 6.45) is 1.09. The maximum atomic E-state index is 12.5. The molecule has 0 fully saturated rings. The number of rotatable bonds is 7. The van der Waals surface area contributed by atoms with Crippen LogP contribution in [0.2, 0.25) is 0 Å². The number of pyridine rings is 1. The van der Waals surface area contributed by atoms with Crippen LogP contribution < -0.4 is 5.32 Å². The molecule has 2 N–H and O–H groups in total. The van der Waals surface area contributed by atoms with Gasteiger partial charge in [-0.2, -0.15) is 0 Å². The second-order valence-electron chi connectivity index (χ2n) is 6.50. The first-order valence-electron chi connectivity index (χ1n) is 8.78. The van der Waals surface area contributed by atoms with Crippen LogP contribution >= 0.6 is 0 Å². The summed E-state index contributed by atoms with van der Waals surface area (Å²) in [5.74, 6) is 0.536. The van der Waals surface area contributed by atoms with E-state index in [1.54, 1.807) is 0 Å². The Morgan fingerprint density at radius 2 is 1.77 bits per heavy atom. The number of aliphatic hydroxyl groups excluding tert-OH is 1. The average Bonchev–Trinajstić information content (AvgIpc) is 2.68. The zero-order valence-corrected chi connectivity index (χ0v) is 14.9. The molecule has 0 aliphatic heterocycles. The molecule has 1 amide bonds. The molecule has 1 heterocycles. The molecule has 4 heteroatoms. The highest BCUT2D eigenvalue weighted by atomic mass is 16.3. The highest BCUT2D eigenvalue weighted by Crippen LogP contribution is 2.15. The fraction of sp³-hybridized carbons (Fsp3) is 0.227. The number of nitrogens with one attached hydrogen (secondary N) is 1. The van der Waals surface area contributed by atoms with Gasteiger partial charge < -0.3 is 10.4 Å². The lowest BCUT2D eigenvalue weighted by molar-refractivity contribution is -0.120. The van der Waals surface area contributed by atoms with Crippen molar-refractivity contribution in [2.75, 3.05) is 6.61 Å². The van der Waals surface area contributed by atoms with Gasteiger partial charge in [0.1, 0.15) is 0 Å². The molecule has 4 nitrogen and oxygen atoms in total. The molecule has 1 unspecified atom stereocenters. The molecule has 0 aliphatic carbocycles. The third-order valence-corrected chi connectivity index (χ3v) is 4.37. The highest BCUT2D eigenvalue weighted by Gasteiger charge is 2.19. The lowest BCUT2D eigenvalue weighted by Crippen LogP contribution is -2.41. The van der Waals surface area contributed by atoms with E-state index in [4.69, 9.17) is 0 Å². The van der Waals surface area contributed by atoms with Gasteiger partial charge in [0.25, 0.3) is 0 Å². The third-order valence-electron chi connectivity index (χ3n) is 4.37. The Labute approximate surface area is 153 Å². The van der Waals surface area contributed by atoms with E-state index in [-0.39, 0.29) is 18.6 Å². The molecule has 26 heavy (non-hydrogen) atoms. The van der Waals surface area contributed by atoms with E-state index in [0.29, 0.717) is 18.8 Å². The van der Waals surface area contributed by atoms with Crippen molar-refractivity contribution in [3.8, 4) is 0 Å². The van der Waals surface area contributed by atoms with Gasteiger partial charge >= 0.3 is 0 Å². The topological polar surface area (TPSA) is 62.2 Å². The number of carbonyl (C=O) groups excluding carboxylic acids is 1. The average molecular weight is 347 g/mol. The molecule has 1 aromatic heterocycles. The summed E-state index contributed by atoms with van der Waals surface area (Å²) in [6.45, 7) is 1.71. The Hall–Kier alpha value is -2.72. The maximum absolute atomic E-state index is 12.5. The van der Waals surface area contributed by atoms with Gasteiger partial charge in [0.05, 0.1) is 24.1 Å². The van der Waals surface area contributed by atoms with Crippen molar-refractivity contribution in [3.05, 3.63) is 83.9 Å². The van der Waals surface area contributed by atoms with Crippen molar-refractivity contribution in [1.82, 2.24) is 10.3 Å². The number of amides is 1. The van der Waals surface area contributed by atoms with Crippen LogP contribution in [0.1, 0.15) is 18.2 Å². The number of para-hydroxylation sites is 1. The van der Waals surface area contributed by atoms with Crippen LogP contribution in [-0.2, 0) is 17.6 Å². The van der Waals surface area contributed by atoms with Crippen molar-refractivity contribution in [2.24, 2.45) is 0 Å².